The van der Waals surface area contributed by atoms with Gasteiger partial charge in [-0.2, -0.15) is 0 Å². The first-order valence-electron chi connectivity index (χ1n) is 9.45. The number of carbonyl (C=O) groups excluding carboxylic acids is 3. The van der Waals surface area contributed by atoms with Crippen molar-refractivity contribution in [1.29, 1.82) is 0 Å². The summed E-state index contributed by atoms with van der Waals surface area (Å²) in [6.07, 6.45) is -0.975. The van der Waals surface area contributed by atoms with Gasteiger partial charge in [-0.3, -0.25) is 14.4 Å². The summed E-state index contributed by atoms with van der Waals surface area (Å²) in [4.78, 5) is 38.2. The summed E-state index contributed by atoms with van der Waals surface area (Å²) >= 11 is 0. The van der Waals surface area contributed by atoms with E-state index in [-0.39, 0.29) is 25.5 Å². The van der Waals surface area contributed by atoms with Crippen LogP contribution in [-0.4, -0.2) is 37.0 Å². The van der Waals surface area contributed by atoms with Gasteiger partial charge in [-0.1, -0.05) is 29.8 Å². The van der Waals surface area contributed by atoms with Gasteiger partial charge in [0.15, 0.2) is 12.7 Å². The van der Waals surface area contributed by atoms with Crippen LogP contribution in [0, 0.1) is 13.8 Å². The summed E-state index contributed by atoms with van der Waals surface area (Å²) in [5.41, 5.74) is 3.33. The second-order valence-electron chi connectivity index (χ2n) is 6.99. The van der Waals surface area contributed by atoms with Crippen LogP contribution in [0.2, 0.25) is 0 Å². The van der Waals surface area contributed by atoms with Gasteiger partial charge < -0.3 is 19.7 Å². The first-order valence-corrected chi connectivity index (χ1v) is 9.45. The molecule has 3 rings (SSSR count). The normalized spacial score (nSPS) is 13.9. The van der Waals surface area contributed by atoms with Crippen molar-refractivity contribution in [3.8, 4) is 5.75 Å². The van der Waals surface area contributed by atoms with Gasteiger partial charge in [-0.15, -0.1) is 0 Å². The van der Waals surface area contributed by atoms with Gasteiger partial charge in [-0.25, -0.2) is 0 Å². The van der Waals surface area contributed by atoms with E-state index in [1.54, 1.807) is 18.2 Å². The molecule has 0 radical (unpaired) electrons. The number of rotatable bonds is 6. The second-order valence-corrected chi connectivity index (χ2v) is 6.99. The fourth-order valence-corrected chi connectivity index (χ4v) is 3.10. The lowest BCUT2D eigenvalue weighted by atomic mass is 10.1. The van der Waals surface area contributed by atoms with Crippen LogP contribution in [0.3, 0.4) is 0 Å². The van der Waals surface area contributed by atoms with Crippen LogP contribution >= 0.6 is 0 Å². The molecule has 2 amide bonds. The first kappa shape index (κ1) is 20.4. The van der Waals surface area contributed by atoms with E-state index in [0.29, 0.717) is 17.1 Å². The molecular weight excluding hydrogens is 372 g/mol. The topological polar surface area (TPSA) is 84.9 Å². The number of hydrogen-bond donors (Lipinski definition) is 1. The highest BCUT2D eigenvalue weighted by Gasteiger charge is 2.26. The number of fused-ring (bicyclic) bond motifs is 1. The molecule has 2 aromatic rings. The van der Waals surface area contributed by atoms with Gasteiger partial charge in [0.1, 0.15) is 5.75 Å². The molecular formula is C22H24N2O5. The zero-order chi connectivity index (χ0) is 21.0. The molecule has 0 bridgehead atoms. The molecule has 0 aliphatic carbocycles. The highest BCUT2D eigenvalue weighted by Crippen LogP contribution is 2.31. The number of nitrogens with zero attached hydrogens (tertiary/aromatic N) is 1. The number of aryl methyl sites for hydroxylation is 2. The van der Waals surface area contributed by atoms with Crippen LogP contribution in [0.1, 0.15) is 24.5 Å². The Balaban J connectivity index is 1.54. The van der Waals surface area contributed by atoms with Crippen LogP contribution in [-0.2, 0) is 19.1 Å². The maximum Gasteiger partial charge on any atom is 0.308 e. The average molecular weight is 396 g/mol. The van der Waals surface area contributed by atoms with Gasteiger partial charge in [0.25, 0.3) is 11.8 Å². The van der Waals surface area contributed by atoms with Crippen LogP contribution in [0.4, 0.5) is 11.4 Å². The number of carbonyl (C=O) groups is 3. The Morgan fingerprint density at radius 3 is 2.72 bits per heavy atom. The molecule has 0 spiro atoms. The van der Waals surface area contributed by atoms with Crippen molar-refractivity contribution in [2.45, 2.75) is 33.3 Å². The molecule has 152 valence electrons. The molecule has 0 aromatic heterocycles. The third-order valence-corrected chi connectivity index (χ3v) is 4.67. The zero-order valence-corrected chi connectivity index (χ0v) is 16.7. The largest absolute Gasteiger partial charge is 0.482 e. The Hall–Kier alpha value is -3.35. The summed E-state index contributed by atoms with van der Waals surface area (Å²) in [6.45, 7) is 5.48. The summed E-state index contributed by atoms with van der Waals surface area (Å²) in [5, 5.41) is 2.77. The summed E-state index contributed by atoms with van der Waals surface area (Å²) in [6, 6.07) is 12.8. The van der Waals surface area contributed by atoms with E-state index in [2.05, 4.69) is 5.32 Å². The molecule has 7 heteroatoms. The van der Waals surface area contributed by atoms with Gasteiger partial charge in [0.05, 0.1) is 12.1 Å². The molecule has 1 aliphatic heterocycles. The lowest BCUT2D eigenvalue weighted by Gasteiger charge is -2.29. The third kappa shape index (κ3) is 4.93. The predicted molar refractivity (Wildman–Crippen MR) is 109 cm³/mol. The highest BCUT2D eigenvalue weighted by molar-refractivity contribution is 5.98. The fourth-order valence-electron chi connectivity index (χ4n) is 3.10. The highest BCUT2D eigenvalue weighted by atomic mass is 16.5. The average Bonchev–Trinajstić information content (AvgIpc) is 2.69. The van der Waals surface area contributed by atoms with Crippen LogP contribution in [0.15, 0.2) is 42.5 Å². The number of amides is 2. The first-order chi connectivity index (χ1) is 13.8. The Kier molecular flexibility index (Phi) is 6.16. The lowest BCUT2D eigenvalue weighted by Crippen LogP contribution is -2.40. The Bertz CT molecular complexity index is 941. The van der Waals surface area contributed by atoms with Crippen molar-refractivity contribution in [2.24, 2.45) is 0 Å². The third-order valence-electron chi connectivity index (χ3n) is 4.67. The number of hydrogen-bond acceptors (Lipinski definition) is 5. The minimum Gasteiger partial charge on any atom is -0.482 e. The molecule has 0 unspecified atom stereocenters. The number of ether oxygens (including phenoxy) is 2. The second kappa shape index (κ2) is 8.77. The number of nitrogens with one attached hydrogen (secondary N) is 1. The van der Waals surface area contributed by atoms with E-state index in [9.17, 15) is 14.4 Å². The zero-order valence-electron chi connectivity index (χ0n) is 16.7. The number of para-hydroxylation sites is 2. The SMILES string of the molecule is Cc1ccc(NC(=O)[C@@H](C)OC(=O)CCN2C(=O)COc3ccccc32)c(C)c1. The Morgan fingerprint density at radius 1 is 1.21 bits per heavy atom. The van der Waals surface area contributed by atoms with Crippen molar-refractivity contribution < 1.29 is 23.9 Å². The number of anilines is 2. The maximum atomic E-state index is 12.3. The van der Waals surface area contributed by atoms with E-state index >= 15 is 0 Å². The minimum atomic E-state index is -0.948. The van der Waals surface area contributed by atoms with Crippen LogP contribution in [0.25, 0.3) is 0 Å². The van der Waals surface area contributed by atoms with Crippen molar-refractivity contribution in [2.75, 3.05) is 23.4 Å². The van der Waals surface area contributed by atoms with Gasteiger partial charge in [-0.05, 0) is 44.5 Å². The predicted octanol–water partition coefficient (Wildman–Crippen LogP) is 2.99. The van der Waals surface area contributed by atoms with Gasteiger partial charge in [0.2, 0.25) is 0 Å². The van der Waals surface area contributed by atoms with Crippen molar-refractivity contribution in [3.63, 3.8) is 0 Å². The molecule has 2 aromatic carbocycles. The van der Waals surface area contributed by atoms with Crippen LogP contribution < -0.4 is 15.0 Å². The molecule has 1 heterocycles. The number of esters is 1. The van der Waals surface area contributed by atoms with E-state index in [1.807, 2.05) is 38.1 Å². The van der Waals surface area contributed by atoms with Gasteiger partial charge >= 0.3 is 5.97 Å². The molecule has 0 saturated heterocycles. The summed E-state index contributed by atoms with van der Waals surface area (Å²) in [7, 11) is 0. The van der Waals surface area contributed by atoms with E-state index in [0.717, 1.165) is 11.1 Å². The quantitative estimate of drug-likeness (QED) is 0.759. The monoisotopic (exact) mass is 396 g/mol. The van der Waals surface area contributed by atoms with E-state index in [4.69, 9.17) is 9.47 Å². The van der Waals surface area contributed by atoms with Gasteiger partial charge in [0, 0.05) is 12.2 Å². The van der Waals surface area contributed by atoms with Crippen molar-refractivity contribution in [3.05, 3.63) is 53.6 Å². The van der Waals surface area contributed by atoms with E-state index < -0.39 is 18.0 Å². The van der Waals surface area contributed by atoms with Crippen LogP contribution in [0.5, 0.6) is 5.75 Å². The van der Waals surface area contributed by atoms with Crippen molar-refractivity contribution >= 4 is 29.2 Å². The Morgan fingerprint density at radius 2 is 1.97 bits per heavy atom. The molecule has 0 fully saturated rings. The molecule has 1 N–H and O–H groups in total. The lowest BCUT2D eigenvalue weighted by molar-refractivity contribution is -0.153. The maximum absolute atomic E-state index is 12.3. The smallest absolute Gasteiger partial charge is 0.308 e. The molecule has 0 saturated carbocycles. The molecule has 1 aliphatic rings. The molecule has 1 atom stereocenters. The van der Waals surface area contributed by atoms with E-state index in [1.165, 1.54) is 11.8 Å². The Labute approximate surface area is 169 Å². The summed E-state index contributed by atoms with van der Waals surface area (Å²) in [5.74, 6) is -0.582. The minimum absolute atomic E-state index is 0.0265. The fraction of sp³-hybridized carbons (Fsp3) is 0.318. The standard InChI is InChI=1S/C22H24N2O5/c1-14-8-9-17(15(2)12-14)23-22(27)16(3)29-21(26)10-11-24-18-6-4-5-7-19(18)28-13-20(24)25/h4-9,12,16H,10-11,13H2,1-3H3,(H,23,27)/t16-/m1/s1. The van der Waals surface area contributed by atoms with Crippen molar-refractivity contribution in [1.82, 2.24) is 0 Å². The molecule has 7 nitrogen and oxygen atoms in total. The molecule has 29 heavy (non-hydrogen) atoms. The summed E-state index contributed by atoms with van der Waals surface area (Å²) < 4.78 is 10.6. The number of benzene rings is 2.